The first-order valence-electron chi connectivity index (χ1n) is 3.32. The Morgan fingerprint density at radius 1 is 1.73 bits per heavy atom. The Morgan fingerprint density at radius 3 is 2.73 bits per heavy atom. The van der Waals surface area contributed by atoms with Gasteiger partial charge in [-0.25, -0.2) is 0 Å². The van der Waals surface area contributed by atoms with Crippen LogP contribution in [0.1, 0.15) is 13.3 Å². The normalized spacial score (nSPS) is 8.09. The monoisotopic (exact) mass is 152 g/mol. The highest BCUT2D eigenvalue weighted by molar-refractivity contribution is 5.66. The highest BCUT2D eigenvalue weighted by atomic mass is 16.5. The van der Waals surface area contributed by atoms with Crippen LogP contribution < -0.4 is 0 Å². The van der Waals surface area contributed by atoms with Gasteiger partial charge in [0.25, 0.3) is 0 Å². The maximum Gasteiger partial charge on any atom is 0.302 e. The van der Waals surface area contributed by atoms with Gasteiger partial charge < -0.3 is 4.74 Å². The molecule has 0 saturated heterocycles. The third kappa shape index (κ3) is 5.19. The van der Waals surface area contributed by atoms with Crippen molar-refractivity contribution >= 4 is 5.97 Å². The van der Waals surface area contributed by atoms with E-state index in [0.717, 1.165) is 5.57 Å². The zero-order valence-corrected chi connectivity index (χ0v) is 6.72. The second-order valence-corrected chi connectivity index (χ2v) is 2.05. The lowest BCUT2D eigenvalue weighted by Crippen LogP contribution is -2.02. The standard InChI is InChI=1S/C9H12O2/c1-4-6-9(5-2)7-11-8(3)10/h4H,1-2,6-7H2,3H3. The Balaban J connectivity index is 3.80. The van der Waals surface area contributed by atoms with Crippen molar-refractivity contribution in [2.75, 3.05) is 6.61 Å². The molecule has 0 fully saturated rings. The third-order valence-electron chi connectivity index (χ3n) is 1.09. The summed E-state index contributed by atoms with van der Waals surface area (Å²) in [6.07, 6.45) is 2.38. The van der Waals surface area contributed by atoms with Gasteiger partial charge in [0, 0.05) is 12.5 Å². The SMILES string of the molecule is C=C=C(CC=C)COC(C)=O. The Bertz CT molecular complexity index is 198. The van der Waals surface area contributed by atoms with Crippen molar-refractivity contribution in [2.24, 2.45) is 0 Å². The topological polar surface area (TPSA) is 26.3 Å². The molecule has 0 aliphatic rings. The van der Waals surface area contributed by atoms with Crippen LogP contribution in [0.25, 0.3) is 0 Å². The van der Waals surface area contributed by atoms with Gasteiger partial charge in [0.1, 0.15) is 6.61 Å². The summed E-state index contributed by atoms with van der Waals surface area (Å²) in [6, 6.07) is 0. The van der Waals surface area contributed by atoms with Crippen LogP contribution in [-0.2, 0) is 9.53 Å². The molecule has 2 nitrogen and oxygen atoms in total. The molecule has 0 heterocycles. The molecule has 0 aromatic heterocycles. The maximum atomic E-state index is 10.4. The first-order chi connectivity index (χ1) is 5.20. The van der Waals surface area contributed by atoms with Crippen molar-refractivity contribution < 1.29 is 9.53 Å². The third-order valence-corrected chi connectivity index (χ3v) is 1.09. The van der Waals surface area contributed by atoms with E-state index >= 15 is 0 Å². The van der Waals surface area contributed by atoms with Gasteiger partial charge in [-0.15, -0.1) is 12.3 Å². The van der Waals surface area contributed by atoms with Crippen LogP contribution in [0.3, 0.4) is 0 Å². The summed E-state index contributed by atoms with van der Waals surface area (Å²) >= 11 is 0. The lowest BCUT2D eigenvalue weighted by Gasteiger charge is -2.00. The fourth-order valence-electron chi connectivity index (χ4n) is 0.545. The van der Waals surface area contributed by atoms with E-state index in [1.54, 1.807) is 6.08 Å². The number of hydrogen-bond acceptors (Lipinski definition) is 2. The van der Waals surface area contributed by atoms with E-state index < -0.39 is 0 Å². The van der Waals surface area contributed by atoms with Crippen molar-refractivity contribution in [3.05, 3.63) is 30.5 Å². The first kappa shape index (κ1) is 9.73. The van der Waals surface area contributed by atoms with Crippen molar-refractivity contribution in [2.45, 2.75) is 13.3 Å². The number of ether oxygens (including phenoxy) is 1. The van der Waals surface area contributed by atoms with E-state index in [1.807, 2.05) is 0 Å². The molecule has 0 saturated carbocycles. The van der Waals surface area contributed by atoms with Crippen LogP contribution in [0.4, 0.5) is 0 Å². The summed E-state index contributed by atoms with van der Waals surface area (Å²) < 4.78 is 4.72. The zero-order valence-electron chi connectivity index (χ0n) is 6.72. The second kappa shape index (κ2) is 5.51. The molecule has 11 heavy (non-hydrogen) atoms. The lowest BCUT2D eigenvalue weighted by atomic mass is 10.2. The summed E-state index contributed by atoms with van der Waals surface area (Å²) in [5, 5.41) is 0. The van der Waals surface area contributed by atoms with Crippen LogP contribution >= 0.6 is 0 Å². The minimum absolute atomic E-state index is 0.269. The van der Waals surface area contributed by atoms with Gasteiger partial charge >= 0.3 is 5.97 Å². The lowest BCUT2D eigenvalue weighted by molar-refractivity contribution is -0.139. The average Bonchev–Trinajstić information content (AvgIpc) is 1.97. The van der Waals surface area contributed by atoms with E-state index in [4.69, 9.17) is 4.74 Å². The number of carbonyl (C=O) groups is 1. The number of rotatable bonds is 4. The highest BCUT2D eigenvalue weighted by Crippen LogP contribution is 1.99. The molecule has 0 spiro atoms. The van der Waals surface area contributed by atoms with E-state index in [1.165, 1.54) is 6.92 Å². The molecule has 0 radical (unpaired) electrons. The number of hydrogen-bond donors (Lipinski definition) is 0. The molecule has 0 aromatic rings. The molecule has 0 unspecified atom stereocenters. The van der Waals surface area contributed by atoms with Crippen molar-refractivity contribution in [1.29, 1.82) is 0 Å². The Labute approximate surface area is 66.9 Å². The second-order valence-electron chi connectivity index (χ2n) is 2.05. The van der Waals surface area contributed by atoms with Crippen molar-refractivity contribution in [3.63, 3.8) is 0 Å². The van der Waals surface area contributed by atoms with Gasteiger partial charge in [-0.2, -0.15) is 0 Å². The molecule has 0 amide bonds. The van der Waals surface area contributed by atoms with Crippen LogP contribution in [0.5, 0.6) is 0 Å². The molecular formula is C9H12O2. The molecule has 0 aliphatic carbocycles. The van der Waals surface area contributed by atoms with Crippen LogP contribution in [-0.4, -0.2) is 12.6 Å². The fraction of sp³-hybridized carbons (Fsp3) is 0.333. The minimum Gasteiger partial charge on any atom is -0.461 e. The number of carbonyl (C=O) groups excluding carboxylic acids is 1. The Morgan fingerprint density at radius 2 is 2.36 bits per heavy atom. The average molecular weight is 152 g/mol. The number of allylic oxidation sites excluding steroid dienone is 1. The van der Waals surface area contributed by atoms with Crippen molar-refractivity contribution in [3.8, 4) is 0 Å². The van der Waals surface area contributed by atoms with Gasteiger partial charge in [0.15, 0.2) is 0 Å². The predicted octanol–water partition coefficient (Wildman–Crippen LogP) is 1.84. The number of esters is 1. The van der Waals surface area contributed by atoms with Crippen molar-refractivity contribution in [1.82, 2.24) is 0 Å². The smallest absolute Gasteiger partial charge is 0.302 e. The largest absolute Gasteiger partial charge is 0.461 e. The quantitative estimate of drug-likeness (QED) is 0.349. The summed E-state index contributed by atoms with van der Waals surface area (Å²) in [4.78, 5) is 10.4. The van der Waals surface area contributed by atoms with E-state index in [9.17, 15) is 4.79 Å². The summed E-state index contributed by atoms with van der Waals surface area (Å²) in [6.45, 7) is 8.64. The fourth-order valence-corrected chi connectivity index (χ4v) is 0.545. The van der Waals surface area contributed by atoms with Gasteiger partial charge in [0.2, 0.25) is 0 Å². The Kier molecular flexibility index (Phi) is 4.87. The predicted molar refractivity (Wildman–Crippen MR) is 44.1 cm³/mol. The molecule has 0 aromatic carbocycles. The first-order valence-corrected chi connectivity index (χ1v) is 3.32. The molecular weight excluding hydrogens is 140 g/mol. The summed E-state index contributed by atoms with van der Waals surface area (Å²) in [7, 11) is 0. The maximum absolute atomic E-state index is 10.4. The molecule has 2 heteroatoms. The minimum atomic E-state index is -0.290. The van der Waals surface area contributed by atoms with E-state index in [-0.39, 0.29) is 12.6 Å². The van der Waals surface area contributed by atoms with E-state index in [2.05, 4.69) is 18.9 Å². The van der Waals surface area contributed by atoms with E-state index in [0.29, 0.717) is 6.42 Å². The van der Waals surface area contributed by atoms with Crippen LogP contribution in [0.15, 0.2) is 30.5 Å². The Hall–Kier alpha value is -1.27. The molecule has 0 N–H and O–H groups in total. The van der Waals surface area contributed by atoms with Crippen LogP contribution in [0.2, 0.25) is 0 Å². The van der Waals surface area contributed by atoms with Gasteiger partial charge in [0.05, 0.1) is 0 Å². The van der Waals surface area contributed by atoms with Crippen LogP contribution in [0, 0.1) is 0 Å². The molecule has 60 valence electrons. The summed E-state index contributed by atoms with van der Waals surface area (Å²) in [5.74, 6) is -0.290. The van der Waals surface area contributed by atoms with Gasteiger partial charge in [-0.3, -0.25) is 4.79 Å². The molecule has 0 bridgehead atoms. The summed E-state index contributed by atoms with van der Waals surface area (Å²) in [5.41, 5.74) is 3.52. The van der Waals surface area contributed by atoms with Gasteiger partial charge in [-0.1, -0.05) is 12.7 Å². The molecule has 0 rings (SSSR count). The zero-order chi connectivity index (χ0) is 8.69. The highest BCUT2D eigenvalue weighted by Gasteiger charge is 1.95. The molecule has 0 aliphatic heterocycles. The van der Waals surface area contributed by atoms with Gasteiger partial charge in [-0.05, 0) is 6.42 Å². The molecule has 0 atom stereocenters.